The second kappa shape index (κ2) is 8.83. The third-order valence-corrected chi connectivity index (χ3v) is 4.93. The van der Waals surface area contributed by atoms with E-state index in [4.69, 9.17) is 11.6 Å². The van der Waals surface area contributed by atoms with E-state index in [1.54, 1.807) is 0 Å². The van der Waals surface area contributed by atoms with E-state index in [1.165, 1.54) is 0 Å². The van der Waals surface area contributed by atoms with Crippen LogP contribution in [0.2, 0.25) is 5.02 Å². The summed E-state index contributed by atoms with van der Waals surface area (Å²) in [5.74, 6) is 0.368. The molecule has 1 aromatic carbocycles. The summed E-state index contributed by atoms with van der Waals surface area (Å²) in [5.41, 5.74) is 1.98. The molecule has 1 atom stereocenters. The van der Waals surface area contributed by atoms with E-state index in [0.29, 0.717) is 12.5 Å². The highest BCUT2D eigenvalue weighted by atomic mass is 35.5. The number of hydrogen-bond donors (Lipinski definition) is 1. The predicted molar refractivity (Wildman–Crippen MR) is 113 cm³/mol. The maximum absolute atomic E-state index is 12.9. The van der Waals surface area contributed by atoms with Crippen molar-refractivity contribution in [2.24, 2.45) is 5.92 Å². The number of benzene rings is 1. The number of carbonyl (C=O) groups excluding carboxylic acids is 1. The van der Waals surface area contributed by atoms with Gasteiger partial charge in [-0.2, -0.15) is 0 Å². The summed E-state index contributed by atoms with van der Waals surface area (Å²) < 4.78 is 2.18. The highest BCUT2D eigenvalue weighted by Gasteiger charge is 2.26. The SMILES string of the molecule is CC(C)[C@H](C)N(Cc1cccn1Cc1cccc(Cl)c1)C(=O)NC(C)(C)C. The number of hydrogen-bond acceptors (Lipinski definition) is 1. The Morgan fingerprint density at radius 3 is 2.48 bits per heavy atom. The first-order chi connectivity index (χ1) is 12.6. The number of nitrogens with one attached hydrogen (secondary N) is 1. The normalized spacial score (nSPS) is 12.9. The summed E-state index contributed by atoms with van der Waals surface area (Å²) in [5, 5.41) is 3.84. The van der Waals surface area contributed by atoms with Crippen LogP contribution in [0.1, 0.15) is 52.8 Å². The molecule has 0 spiro atoms. The molecule has 2 rings (SSSR count). The zero-order valence-corrected chi connectivity index (χ0v) is 18.0. The molecule has 0 aliphatic rings. The minimum atomic E-state index is -0.269. The van der Waals surface area contributed by atoms with Gasteiger partial charge in [-0.15, -0.1) is 0 Å². The average Bonchev–Trinajstić information content (AvgIpc) is 2.97. The first-order valence-corrected chi connectivity index (χ1v) is 9.92. The van der Waals surface area contributed by atoms with Crippen molar-refractivity contribution in [2.75, 3.05) is 0 Å². The average molecular weight is 390 g/mol. The smallest absolute Gasteiger partial charge is 0.318 e. The number of urea groups is 1. The van der Waals surface area contributed by atoms with Crippen LogP contribution in [0, 0.1) is 5.92 Å². The van der Waals surface area contributed by atoms with Gasteiger partial charge in [-0.3, -0.25) is 0 Å². The number of halogens is 1. The summed E-state index contributed by atoms with van der Waals surface area (Å²) in [6.07, 6.45) is 2.05. The Balaban J connectivity index is 2.22. The number of amides is 2. The molecular weight excluding hydrogens is 358 g/mol. The first-order valence-electron chi connectivity index (χ1n) is 9.54. The van der Waals surface area contributed by atoms with E-state index in [9.17, 15) is 4.79 Å². The van der Waals surface area contributed by atoms with Crippen LogP contribution in [0.4, 0.5) is 4.79 Å². The van der Waals surface area contributed by atoms with Gasteiger partial charge in [0.25, 0.3) is 0 Å². The Morgan fingerprint density at radius 2 is 1.89 bits per heavy atom. The maximum Gasteiger partial charge on any atom is 0.318 e. The molecule has 0 aliphatic heterocycles. The molecule has 0 saturated heterocycles. The van der Waals surface area contributed by atoms with Gasteiger partial charge >= 0.3 is 6.03 Å². The molecule has 5 heteroatoms. The fraction of sp³-hybridized carbons (Fsp3) is 0.500. The molecule has 0 bridgehead atoms. The predicted octanol–water partition coefficient (Wildman–Crippen LogP) is 5.54. The first kappa shape index (κ1) is 21.4. The topological polar surface area (TPSA) is 37.3 Å². The fourth-order valence-corrected chi connectivity index (χ4v) is 3.12. The molecule has 4 nitrogen and oxygen atoms in total. The number of nitrogens with zero attached hydrogens (tertiary/aromatic N) is 2. The van der Waals surface area contributed by atoms with Crippen molar-refractivity contribution in [2.45, 2.75) is 66.2 Å². The Labute approximate surface area is 168 Å². The van der Waals surface area contributed by atoms with E-state index in [-0.39, 0.29) is 17.6 Å². The van der Waals surface area contributed by atoms with E-state index in [2.05, 4.69) is 49.0 Å². The van der Waals surface area contributed by atoms with E-state index >= 15 is 0 Å². The van der Waals surface area contributed by atoms with Crippen LogP contribution in [-0.4, -0.2) is 27.1 Å². The monoisotopic (exact) mass is 389 g/mol. The number of carbonyl (C=O) groups is 1. The van der Waals surface area contributed by atoms with E-state index in [1.807, 2.05) is 49.9 Å². The Kier molecular flexibility index (Phi) is 6.99. The van der Waals surface area contributed by atoms with Gasteiger partial charge in [0.2, 0.25) is 0 Å². The van der Waals surface area contributed by atoms with Gasteiger partial charge in [-0.25, -0.2) is 4.79 Å². The summed E-state index contributed by atoms with van der Waals surface area (Å²) in [4.78, 5) is 14.9. The third-order valence-electron chi connectivity index (χ3n) is 4.70. The van der Waals surface area contributed by atoms with Crippen molar-refractivity contribution in [3.63, 3.8) is 0 Å². The molecule has 0 aliphatic carbocycles. The van der Waals surface area contributed by atoms with Gasteiger partial charge in [0.05, 0.1) is 6.54 Å². The molecule has 1 N–H and O–H groups in total. The van der Waals surface area contributed by atoms with Crippen molar-refractivity contribution in [3.05, 3.63) is 58.9 Å². The molecule has 1 aromatic heterocycles. The highest BCUT2D eigenvalue weighted by Crippen LogP contribution is 2.18. The summed E-state index contributed by atoms with van der Waals surface area (Å²) in [7, 11) is 0. The fourth-order valence-electron chi connectivity index (χ4n) is 2.91. The molecule has 27 heavy (non-hydrogen) atoms. The van der Waals surface area contributed by atoms with Crippen LogP contribution in [-0.2, 0) is 13.1 Å². The Morgan fingerprint density at radius 1 is 1.19 bits per heavy atom. The summed E-state index contributed by atoms with van der Waals surface area (Å²) in [6, 6.07) is 12.1. The minimum absolute atomic E-state index is 0.0285. The van der Waals surface area contributed by atoms with Crippen molar-refractivity contribution in [1.82, 2.24) is 14.8 Å². The second-order valence-electron chi connectivity index (χ2n) is 8.55. The van der Waals surface area contributed by atoms with E-state index < -0.39 is 0 Å². The van der Waals surface area contributed by atoms with Gasteiger partial charge in [0.15, 0.2) is 0 Å². The lowest BCUT2D eigenvalue weighted by molar-refractivity contribution is 0.148. The summed E-state index contributed by atoms with van der Waals surface area (Å²) >= 11 is 6.12. The Hall–Kier alpha value is -1.94. The second-order valence-corrected chi connectivity index (χ2v) is 8.99. The molecule has 0 fully saturated rings. The number of rotatable bonds is 6. The zero-order chi connectivity index (χ0) is 20.2. The molecule has 1 heterocycles. The van der Waals surface area contributed by atoms with Crippen LogP contribution in [0.5, 0.6) is 0 Å². The van der Waals surface area contributed by atoms with Crippen LogP contribution in [0.25, 0.3) is 0 Å². The molecule has 0 unspecified atom stereocenters. The lowest BCUT2D eigenvalue weighted by Gasteiger charge is -2.35. The standard InChI is InChI=1S/C22H32ClN3O/c1-16(2)17(3)26(21(27)24-22(4,5)6)15-20-11-8-12-25(20)14-18-9-7-10-19(23)13-18/h7-13,16-17H,14-15H2,1-6H3,(H,24,27)/t17-/m0/s1. The lowest BCUT2D eigenvalue weighted by atomic mass is 10.0. The summed E-state index contributed by atoms with van der Waals surface area (Å²) in [6.45, 7) is 13.7. The Bertz CT molecular complexity index is 761. The molecule has 0 radical (unpaired) electrons. The third kappa shape index (κ3) is 6.31. The van der Waals surface area contributed by atoms with Gasteiger partial charge in [-0.1, -0.05) is 37.6 Å². The lowest BCUT2D eigenvalue weighted by Crippen LogP contribution is -2.52. The minimum Gasteiger partial charge on any atom is -0.345 e. The van der Waals surface area contributed by atoms with Crippen molar-refractivity contribution < 1.29 is 4.79 Å². The van der Waals surface area contributed by atoms with Crippen molar-refractivity contribution in [3.8, 4) is 0 Å². The van der Waals surface area contributed by atoms with Crippen LogP contribution in [0.3, 0.4) is 0 Å². The van der Waals surface area contributed by atoms with Crippen LogP contribution in [0.15, 0.2) is 42.6 Å². The van der Waals surface area contributed by atoms with Gasteiger partial charge < -0.3 is 14.8 Å². The molecular formula is C22H32ClN3O. The van der Waals surface area contributed by atoms with Crippen LogP contribution < -0.4 is 5.32 Å². The molecule has 2 amide bonds. The maximum atomic E-state index is 12.9. The molecule has 148 valence electrons. The zero-order valence-electron chi connectivity index (χ0n) is 17.3. The van der Waals surface area contributed by atoms with Gasteiger partial charge in [0, 0.05) is 35.0 Å². The van der Waals surface area contributed by atoms with E-state index in [0.717, 1.165) is 22.8 Å². The van der Waals surface area contributed by atoms with Gasteiger partial charge in [-0.05, 0) is 63.4 Å². The van der Waals surface area contributed by atoms with Crippen LogP contribution >= 0.6 is 11.6 Å². The van der Waals surface area contributed by atoms with Crippen molar-refractivity contribution >= 4 is 17.6 Å². The van der Waals surface area contributed by atoms with Crippen molar-refractivity contribution in [1.29, 1.82) is 0 Å². The molecule has 0 saturated carbocycles. The molecule has 2 aromatic rings. The number of aromatic nitrogens is 1. The highest BCUT2D eigenvalue weighted by molar-refractivity contribution is 6.30. The van der Waals surface area contributed by atoms with Gasteiger partial charge in [0.1, 0.15) is 0 Å². The largest absolute Gasteiger partial charge is 0.345 e. The quantitative estimate of drug-likeness (QED) is 0.691.